The summed E-state index contributed by atoms with van der Waals surface area (Å²) in [4.78, 5) is 21.1. The fourth-order valence-electron chi connectivity index (χ4n) is 2.82. The van der Waals surface area contributed by atoms with Crippen LogP contribution in [-0.2, 0) is 6.42 Å². The standard InChI is InChI=1S/C20H17N5O/c26-20(23-12-9-16-8-4-5-11-21-16)17-14-24-25-18(10-13-22-19(17)25)15-6-2-1-3-7-15/h1-8,10-11,13-14H,9,12H2,(H,23,26). The second kappa shape index (κ2) is 7.14. The summed E-state index contributed by atoms with van der Waals surface area (Å²) < 4.78 is 1.70. The van der Waals surface area contributed by atoms with E-state index >= 15 is 0 Å². The van der Waals surface area contributed by atoms with E-state index in [4.69, 9.17) is 0 Å². The zero-order valence-electron chi connectivity index (χ0n) is 14.0. The number of benzene rings is 1. The smallest absolute Gasteiger partial charge is 0.256 e. The number of hydrogen-bond donors (Lipinski definition) is 1. The zero-order chi connectivity index (χ0) is 17.8. The van der Waals surface area contributed by atoms with Crippen molar-refractivity contribution in [1.82, 2.24) is 24.9 Å². The number of fused-ring (bicyclic) bond motifs is 1. The highest BCUT2D eigenvalue weighted by atomic mass is 16.1. The molecule has 1 N–H and O–H groups in total. The summed E-state index contributed by atoms with van der Waals surface area (Å²) >= 11 is 0. The van der Waals surface area contributed by atoms with E-state index in [2.05, 4.69) is 20.4 Å². The van der Waals surface area contributed by atoms with Gasteiger partial charge in [-0.3, -0.25) is 9.78 Å². The van der Waals surface area contributed by atoms with Crippen LogP contribution in [0.5, 0.6) is 0 Å². The largest absolute Gasteiger partial charge is 0.351 e. The number of aromatic nitrogens is 4. The van der Waals surface area contributed by atoms with Gasteiger partial charge in [0.05, 0.1) is 11.9 Å². The first kappa shape index (κ1) is 16.0. The van der Waals surface area contributed by atoms with Gasteiger partial charge >= 0.3 is 0 Å². The lowest BCUT2D eigenvalue weighted by Crippen LogP contribution is -2.25. The summed E-state index contributed by atoms with van der Waals surface area (Å²) in [6.45, 7) is 0.506. The molecule has 0 aliphatic rings. The highest BCUT2D eigenvalue weighted by Crippen LogP contribution is 2.20. The summed E-state index contributed by atoms with van der Waals surface area (Å²) in [5, 5.41) is 7.28. The van der Waals surface area contributed by atoms with Crippen molar-refractivity contribution in [3.63, 3.8) is 0 Å². The topological polar surface area (TPSA) is 72.2 Å². The Bertz CT molecular complexity index is 1030. The SMILES string of the molecule is O=C(NCCc1ccccn1)c1cnn2c(-c3ccccc3)ccnc12. The van der Waals surface area contributed by atoms with E-state index in [1.807, 2.05) is 54.6 Å². The maximum Gasteiger partial charge on any atom is 0.256 e. The first-order valence-electron chi connectivity index (χ1n) is 8.39. The van der Waals surface area contributed by atoms with Gasteiger partial charge in [0, 0.05) is 36.6 Å². The lowest BCUT2D eigenvalue weighted by Gasteiger charge is -2.06. The Balaban J connectivity index is 1.55. The molecule has 0 fully saturated rings. The van der Waals surface area contributed by atoms with E-state index in [1.165, 1.54) is 0 Å². The molecule has 0 atom stereocenters. The third kappa shape index (κ3) is 3.17. The van der Waals surface area contributed by atoms with Crippen LogP contribution in [0.1, 0.15) is 16.1 Å². The monoisotopic (exact) mass is 343 g/mol. The lowest BCUT2D eigenvalue weighted by atomic mass is 10.1. The molecule has 0 saturated carbocycles. The number of amides is 1. The zero-order valence-corrected chi connectivity index (χ0v) is 14.0. The third-order valence-corrected chi connectivity index (χ3v) is 4.11. The number of rotatable bonds is 5. The molecule has 6 heteroatoms. The van der Waals surface area contributed by atoms with Crippen LogP contribution in [0.25, 0.3) is 16.9 Å². The molecule has 0 aliphatic heterocycles. The van der Waals surface area contributed by atoms with E-state index in [0.717, 1.165) is 17.0 Å². The Morgan fingerprint density at radius 2 is 1.81 bits per heavy atom. The van der Waals surface area contributed by atoms with E-state index < -0.39 is 0 Å². The van der Waals surface area contributed by atoms with Crippen molar-refractivity contribution in [1.29, 1.82) is 0 Å². The molecule has 3 heterocycles. The minimum absolute atomic E-state index is 0.186. The average Bonchev–Trinajstić information content (AvgIpc) is 3.14. The van der Waals surface area contributed by atoms with E-state index in [1.54, 1.807) is 23.1 Å². The van der Waals surface area contributed by atoms with Crippen LogP contribution in [0, 0.1) is 0 Å². The molecule has 0 spiro atoms. The van der Waals surface area contributed by atoms with Crippen LogP contribution in [0.2, 0.25) is 0 Å². The molecule has 128 valence electrons. The molecule has 0 unspecified atom stereocenters. The maximum atomic E-state index is 12.5. The van der Waals surface area contributed by atoms with Gasteiger partial charge in [0.1, 0.15) is 5.56 Å². The predicted molar refractivity (Wildman–Crippen MR) is 98.7 cm³/mol. The van der Waals surface area contributed by atoms with Gasteiger partial charge in [-0.15, -0.1) is 0 Å². The van der Waals surface area contributed by atoms with Crippen molar-refractivity contribution in [2.75, 3.05) is 6.54 Å². The Hall–Kier alpha value is -3.54. The van der Waals surface area contributed by atoms with E-state index in [9.17, 15) is 4.79 Å². The molecular formula is C20H17N5O. The normalized spacial score (nSPS) is 10.8. The number of hydrogen-bond acceptors (Lipinski definition) is 4. The highest BCUT2D eigenvalue weighted by molar-refractivity contribution is 5.99. The van der Waals surface area contributed by atoms with Gasteiger partial charge in [-0.25, -0.2) is 9.50 Å². The van der Waals surface area contributed by atoms with E-state index in [0.29, 0.717) is 24.2 Å². The van der Waals surface area contributed by atoms with Crippen LogP contribution in [-0.4, -0.2) is 32.0 Å². The quantitative estimate of drug-likeness (QED) is 0.605. The van der Waals surface area contributed by atoms with Crippen LogP contribution in [0.3, 0.4) is 0 Å². The van der Waals surface area contributed by atoms with Gasteiger partial charge in [0.15, 0.2) is 5.65 Å². The molecule has 1 aromatic carbocycles. The molecule has 0 bridgehead atoms. The summed E-state index contributed by atoms with van der Waals surface area (Å²) in [5.41, 5.74) is 3.86. The van der Waals surface area contributed by atoms with Gasteiger partial charge in [-0.1, -0.05) is 36.4 Å². The van der Waals surface area contributed by atoms with E-state index in [-0.39, 0.29) is 5.91 Å². The number of pyridine rings is 1. The Morgan fingerprint density at radius 3 is 2.62 bits per heavy atom. The minimum Gasteiger partial charge on any atom is -0.351 e. The fraction of sp³-hybridized carbons (Fsp3) is 0.100. The van der Waals surface area contributed by atoms with Crippen LogP contribution < -0.4 is 5.32 Å². The molecule has 0 saturated heterocycles. The Morgan fingerprint density at radius 1 is 0.962 bits per heavy atom. The average molecular weight is 343 g/mol. The molecule has 4 aromatic rings. The molecule has 3 aromatic heterocycles. The van der Waals surface area contributed by atoms with Crippen molar-refractivity contribution < 1.29 is 4.79 Å². The summed E-state index contributed by atoms with van der Waals surface area (Å²) in [6.07, 6.45) is 5.68. The number of carbonyl (C=O) groups excluding carboxylic acids is 1. The van der Waals surface area contributed by atoms with Crippen molar-refractivity contribution in [2.24, 2.45) is 0 Å². The lowest BCUT2D eigenvalue weighted by molar-refractivity contribution is 0.0955. The van der Waals surface area contributed by atoms with Gasteiger partial charge in [-0.2, -0.15) is 5.10 Å². The number of carbonyl (C=O) groups is 1. The molecular weight excluding hydrogens is 326 g/mol. The molecule has 4 rings (SSSR count). The van der Waals surface area contributed by atoms with Gasteiger partial charge in [-0.05, 0) is 18.2 Å². The van der Waals surface area contributed by atoms with Gasteiger partial charge in [0.25, 0.3) is 5.91 Å². The van der Waals surface area contributed by atoms with Crippen molar-refractivity contribution in [3.05, 3.63) is 84.4 Å². The fourth-order valence-corrected chi connectivity index (χ4v) is 2.82. The second-order valence-electron chi connectivity index (χ2n) is 5.82. The third-order valence-electron chi connectivity index (χ3n) is 4.11. The molecule has 0 radical (unpaired) electrons. The van der Waals surface area contributed by atoms with Gasteiger partial charge in [0.2, 0.25) is 0 Å². The van der Waals surface area contributed by atoms with Crippen LogP contribution >= 0.6 is 0 Å². The Labute approximate surface area is 150 Å². The molecule has 0 aliphatic carbocycles. The first-order chi connectivity index (χ1) is 12.8. The maximum absolute atomic E-state index is 12.5. The van der Waals surface area contributed by atoms with Crippen LogP contribution in [0.15, 0.2) is 73.2 Å². The second-order valence-corrected chi connectivity index (χ2v) is 5.82. The molecule has 26 heavy (non-hydrogen) atoms. The van der Waals surface area contributed by atoms with Crippen molar-refractivity contribution in [2.45, 2.75) is 6.42 Å². The minimum atomic E-state index is -0.186. The first-order valence-corrected chi connectivity index (χ1v) is 8.39. The highest BCUT2D eigenvalue weighted by Gasteiger charge is 2.15. The summed E-state index contributed by atoms with van der Waals surface area (Å²) in [6, 6.07) is 17.5. The Kier molecular flexibility index (Phi) is 4.38. The molecule has 1 amide bonds. The number of nitrogens with zero attached hydrogens (tertiary/aromatic N) is 4. The summed E-state index contributed by atoms with van der Waals surface area (Å²) in [5.74, 6) is -0.186. The molecule has 6 nitrogen and oxygen atoms in total. The van der Waals surface area contributed by atoms with Crippen molar-refractivity contribution >= 4 is 11.6 Å². The van der Waals surface area contributed by atoms with Gasteiger partial charge < -0.3 is 5.32 Å². The van der Waals surface area contributed by atoms with Crippen LogP contribution in [0.4, 0.5) is 0 Å². The predicted octanol–water partition coefficient (Wildman–Crippen LogP) is 2.76. The summed E-state index contributed by atoms with van der Waals surface area (Å²) in [7, 11) is 0. The van der Waals surface area contributed by atoms with Crippen molar-refractivity contribution in [3.8, 4) is 11.3 Å². The number of nitrogens with one attached hydrogen (secondary N) is 1.